The standard InChI is InChI=1S/C13H10F3NO5S2/c14-13(15,16)24(20,21)17-23(18,19)12-6-2-3-8-9(11-7-22-11)4-1-5-10(8)12/h1-6,11,17H,7H2. The summed E-state index contributed by atoms with van der Waals surface area (Å²) in [6.45, 7) is 0.455. The number of ether oxygens (including phenoxy) is 1. The number of sulfonamides is 2. The van der Waals surface area contributed by atoms with Crippen molar-refractivity contribution in [2.24, 2.45) is 0 Å². The Bertz CT molecular complexity index is 1010. The van der Waals surface area contributed by atoms with E-state index in [1.165, 1.54) is 18.2 Å². The zero-order valence-electron chi connectivity index (χ0n) is 11.7. The smallest absolute Gasteiger partial charge is 0.368 e. The summed E-state index contributed by atoms with van der Waals surface area (Å²) in [6, 6.07) is 8.56. The van der Waals surface area contributed by atoms with Crippen molar-refractivity contribution in [1.82, 2.24) is 4.13 Å². The molecule has 24 heavy (non-hydrogen) atoms. The van der Waals surface area contributed by atoms with Gasteiger partial charge in [0.05, 0.1) is 11.5 Å². The van der Waals surface area contributed by atoms with Gasteiger partial charge in [-0.25, -0.2) is 16.8 Å². The first kappa shape index (κ1) is 17.1. The van der Waals surface area contributed by atoms with Crippen molar-refractivity contribution in [1.29, 1.82) is 0 Å². The maximum atomic E-state index is 12.4. The second-order valence-corrected chi connectivity index (χ2v) is 8.64. The fourth-order valence-electron chi connectivity index (χ4n) is 2.28. The highest BCUT2D eigenvalue weighted by atomic mass is 32.3. The first-order valence-corrected chi connectivity index (χ1v) is 9.48. The van der Waals surface area contributed by atoms with Crippen molar-refractivity contribution in [3.8, 4) is 0 Å². The highest BCUT2D eigenvalue weighted by Gasteiger charge is 2.48. The Labute approximate surface area is 135 Å². The second kappa shape index (κ2) is 5.41. The lowest BCUT2D eigenvalue weighted by molar-refractivity contribution is -0.0441. The van der Waals surface area contributed by atoms with E-state index in [9.17, 15) is 30.0 Å². The summed E-state index contributed by atoms with van der Waals surface area (Å²) in [4.78, 5) is -0.560. The number of nitrogens with one attached hydrogen (secondary N) is 1. The van der Waals surface area contributed by atoms with E-state index in [0.717, 1.165) is 10.2 Å². The Hall–Kier alpha value is -1.69. The van der Waals surface area contributed by atoms with Crippen molar-refractivity contribution >= 4 is 30.8 Å². The lowest BCUT2D eigenvalue weighted by atomic mass is 10.0. The van der Waals surface area contributed by atoms with Gasteiger partial charge in [-0.3, -0.25) is 0 Å². The molecular formula is C13H10F3NO5S2. The van der Waals surface area contributed by atoms with Crippen LogP contribution in [0.4, 0.5) is 13.2 Å². The van der Waals surface area contributed by atoms with Gasteiger partial charge in [0.1, 0.15) is 6.10 Å². The zero-order chi connectivity index (χ0) is 17.8. The molecule has 3 rings (SSSR count). The van der Waals surface area contributed by atoms with Crippen LogP contribution in [0.25, 0.3) is 10.8 Å². The molecule has 1 fully saturated rings. The average molecular weight is 381 g/mol. The van der Waals surface area contributed by atoms with E-state index in [1.54, 1.807) is 12.1 Å². The summed E-state index contributed by atoms with van der Waals surface area (Å²) in [7, 11) is -11.0. The molecule has 1 heterocycles. The van der Waals surface area contributed by atoms with Gasteiger partial charge in [-0.2, -0.15) is 13.2 Å². The molecular weight excluding hydrogens is 371 g/mol. The van der Waals surface area contributed by atoms with E-state index >= 15 is 0 Å². The lowest BCUT2D eigenvalue weighted by Gasteiger charge is -2.12. The van der Waals surface area contributed by atoms with Gasteiger partial charge in [0.15, 0.2) is 0 Å². The molecule has 11 heteroatoms. The number of halogens is 3. The van der Waals surface area contributed by atoms with Gasteiger partial charge in [-0.05, 0) is 17.0 Å². The third-order valence-corrected chi connectivity index (χ3v) is 6.71. The van der Waals surface area contributed by atoms with Crippen LogP contribution >= 0.6 is 0 Å². The van der Waals surface area contributed by atoms with Gasteiger partial charge in [0.25, 0.3) is 10.0 Å². The van der Waals surface area contributed by atoms with Gasteiger partial charge in [0, 0.05) is 5.39 Å². The molecule has 0 spiro atoms. The Morgan fingerprint density at radius 2 is 1.58 bits per heavy atom. The van der Waals surface area contributed by atoms with Crippen LogP contribution in [0.3, 0.4) is 0 Å². The molecule has 0 aliphatic carbocycles. The van der Waals surface area contributed by atoms with E-state index in [2.05, 4.69) is 0 Å². The first-order chi connectivity index (χ1) is 11.0. The molecule has 0 saturated carbocycles. The lowest BCUT2D eigenvalue weighted by Crippen LogP contribution is -2.40. The fourth-order valence-corrected chi connectivity index (χ4v) is 4.90. The van der Waals surface area contributed by atoms with E-state index in [4.69, 9.17) is 4.74 Å². The quantitative estimate of drug-likeness (QED) is 0.818. The molecule has 0 aromatic heterocycles. The minimum absolute atomic E-state index is 0.107. The number of alkyl halides is 3. The maximum absolute atomic E-state index is 12.4. The van der Waals surface area contributed by atoms with Crippen LogP contribution in [-0.4, -0.2) is 29.0 Å². The van der Waals surface area contributed by atoms with Crippen LogP contribution in [-0.2, 0) is 24.8 Å². The average Bonchev–Trinajstić information content (AvgIpc) is 3.28. The van der Waals surface area contributed by atoms with Crippen molar-refractivity contribution < 1.29 is 34.7 Å². The van der Waals surface area contributed by atoms with Crippen LogP contribution in [0, 0.1) is 0 Å². The van der Waals surface area contributed by atoms with Crippen LogP contribution in [0.5, 0.6) is 0 Å². The van der Waals surface area contributed by atoms with Gasteiger partial charge in [-0.1, -0.05) is 34.5 Å². The van der Waals surface area contributed by atoms with Crippen LogP contribution < -0.4 is 4.13 Å². The third-order valence-electron chi connectivity index (χ3n) is 3.41. The Kier molecular flexibility index (Phi) is 3.86. The Morgan fingerprint density at radius 3 is 2.17 bits per heavy atom. The third kappa shape index (κ3) is 2.99. The van der Waals surface area contributed by atoms with Gasteiger partial charge in [0.2, 0.25) is 0 Å². The molecule has 1 aliphatic rings. The summed E-state index contributed by atoms with van der Waals surface area (Å²) in [6.07, 6.45) is -0.210. The molecule has 1 aliphatic heterocycles. The second-order valence-electron chi connectivity index (χ2n) is 5.06. The Balaban J connectivity index is 2.14. The van der Waals surface area contributed by atoms with E-state index in [0.29, 0.717) is 17.6 Å². The van der Waals surface area contributed by atoms with Crippen molar-refractivity contribution in [2.45, 2.75) is 16.5 Å². The topological polar surface area (TPSA) is 92.8 Å². The molecule has 2 aromatic carbocycles. The maximum Gasteiger partial charge on any atom is 0.512 e. The van der Waals surface area contributed by atoms with Crippen molar-refractivity contribution in [3.05, 3.63) is 42.0 Å². The number of hydrogen-bond acceptors (Lipinski definition) is 5. The molecule has 0 bridgehead atoms. The predicted octanol–water partition coefficient (Wildman–Crippen LogP) is 2.04. The predicted molar refractivity (Wildman–Crippen MR) is 77.9 cm³/mol. The molecule has 1 atom stereocenters. The zero-order valence-corrected chi connectivity index (χ0v) is 13.4. The minimum atomic E-state index is -6.05. The van der Waals surface area contributed by atoms with Crippen LogP contribution in [0.1, 0.15) is 11.7 Å². The normalized spacial score (nSPS) is 18.7. The van der Waals surface area contributed by atoms with Crippen LogP contribution in [0.2, 0.25) is 0 Å². The van der Waals surface area contributed by atoms with E-state index < -0.39 is 30.5 Å². The molecule has 1 N–H and O–H groups in total. The number of rotatable bonds is 4. The molecule has 0 radical (unpaired) electrons. The number of fused-ring (bicyclic) bond motifs is 1. The van der Waals surface area contributed by atoms with Gasteiger partial charge < -0.3 is 4.74 Å². The number of hydrogen-bond donors (Lipinski definition) is 1. The molecule has 130 valence electrons. The molecule has 0 amide bonds. The number of epoxide rings is 1. The minimum Gasteiger partial charge on any atom is -0.368 e. The summed E-state index contributed by atoms with van der Waals surface area (Å²) in [5.74, 6) is 0. The molecule has 6 nitrogen and oxygen atoms in total. The summed E-state index contributed by atoms with van der Waals surface area (Å²) in [5, 5.41) is 0.572. The van der Waals surface area contributed by atoms with Gasteiger partial charge in [-0.15, -0.1) is 0 Å². The Morgan fingerprint density at radius 1 is 1.00 bits per heavy atom. The van der Waals surface area contributed by atoms with Crippen LogP contribution in [0.15, 0.2) is 41.3 Å². The summed E-state index contributed by atoms with van der Waals surface area (Å²) in [5.41, 5.74) is -5.05. The van der Waals surface area contributed by atoms with Gasteiger partial charge >= 0.3 is 15.5 Å². The SMILES string of the molecule is O=S(=O)(NS(=O)(=O)C(F)(F)F)c1cccc2c(C3CO3)cccc12. The largest absolute Gasteiger partial charge is 0.512 e. The van der Waals surface area contributed by atoms with E-state index in [-0.39, 0.29) is 11.5 Å². The highest BCUT2D eigenvalue weighted by molar-refractivity contribution is 8.05. The van der Waals surface area contributed by atoms with Crippen molar-refractivity contribution in [2.75, 3.05) is 6.61 Å². The molecule has 1 saturated heterocycles. The molecule has 1 unspecified atom stereocenters. The summed E-state index contributed by atoms with van der Waals surface area (Å²) >= 11 is 0. The number of benzene rings is 2. The first-order valence-electron chi connectivity index (χ1n) is 6.51. The van der Waals surface area contributed by atoms with E-state index in [1.807, 2.05) is 0 Å². The summed E-state index contributed by atoms with van der Waals surface area (Å²) < 4.78 is 89.8. The van der Waals surface area contributed by atoms with Crippen molar-refractivity contribution in [3.63, 3.8) is 0 Å². The highest BCUT2D eigenvalue weighted by Crippen LogP contribution is 2.36. The fraction of sp³-hybridized carbons (Fsp3) is 0.231. The molecule has 2 aromatic rings. The monoisotopic (exact) mass is 381 g/mol.